The van der Waals surface area contributed by atoms with E-state index in [4.69, 9.17) is 14.3 Å². The monoisotopic (exact) mass is 463 g/mol. The van der Waals surface area contributed by atoms with Gasteiger partial charge in [0.05, 0.1) is 12.5 Å². The van der Waals surface area contributed by atoms with Crippen LogP contribution in [0.5, 0.6) is 0 Å². The van der Waals surface area contributed by atoms with Gasteiger partial charge in [-0.15, -0.1) is 0 Å². The molecule has 3 N–H and O–H groups in total. The van der Waals surface area contributed by atoms with Crippen molar-refractivity contribution in [3.05, 3.63) is 77.5 Å². The Balaban J connectivity index is 1.32. The number of hydrogen-bond acceptors (Lipinski definition) is 6. The van der Waals surface area contributed by atoms with Crippen LogP contribution in [-0.2, 0) is 16.1 Å². The molecule has 34 heavy (non-hydrogen) atoms. The lowest BCUT2D eigenvalue weighted by Gasteiger charge is -2.14. The topological polar surface area (TPSA) is 131 Å². The van der Waals surface area contributed by atoms with Crippen LogP contribution in [0.25, 0.3) is 11.1 Å². The average molecular weight is 463 g/mol. The molecular formula is C25H25N3O6. The van der Waals surface area contributed by atoms with Crippen LogP contribution in [0, 0.1) is 5.92 Å². The molecule has 1 heterocycles. The van der Waals surface area contributed by atoms with Gasteiger partial charge in [-0.05, 0) is 28.7 Å². The van der Waals surface area contributed by atoms with Gasteiger partial charge < -0.3 is 24.9 Å². The van der Waals surface area contributed by atoms with E-state index in [1.807, 2.05) is 36.4 Å². The van der Waals surface area contributed by atoms with E-state index in [2.05, 4.69) is 27.8 Å². The number of nitrogens with zero attached hydrogens (tertiary/aromatic N) is 1. The fourth-order valence-electron chi connectivity index (χ4n) is 4.09. The lowest BCUT2D eigenvalue weighted by molar-refractivity contribution is -0.141. The van der Waals surface area contributed by atoms with E-state index >= 15 is 0 Å². The van der Waals surface area contributed by atoms with Crippen molar-refractivity contribution in [1.82, 2.24) is 15.6 Å². The van der Waals surface area contributed by atoms with Crippen molar-refractivity contribution >= 4 is 18.0 Å². The maximum absolute atomic E-state index is 12.4. The minimum absolute atomic E-state index is 0.0146. The van der Waals surface area contributed by atoms with Crippen LogP contribution in [0.2, 0.25) is 0 Å². The fourth-order valence-corrected chi connectivity index (χ4v) is 4.09. The Bertz CT molecular complexity index is 1160. The fraction of sp³-hybridized carbons (Fsp3) is 0.280. The molecule has 0 spiro atoms. The molecule has 1 atom stereocenters. The zero-order chi connectivity index (χ0) is 24.1. The van der Waals surface area contributed by atoms with Crippen LogP contribution < -0.4 is 10.6 Å². The molecule has 0 radical (unpaired) electrons. The molecule has 0 bridgehead atoms. The third-order valence-electron chi connectivity index (χ3n) is 5.94. The Morgan fingerprint density at radius 1 is 1.06 bits per heavy atom. The van der Waals surface area contributed by atoms with E-state index in [1.165, 1.54) is 0 Å². The Labute approximate surface area is 196 Å². The van der Waals surface area contributed by atoms with Gasteiger partial charge in [0.25, 0.3) is 5.91 Å². The lowest BCUT2D eigenvalue weighted by atomic mass is 9.98. The number of carboxylic acids is 1. The molecule has 9 heteroatoms. The first kappa shape index (κ1) is 23.0. The lowest BCUT2D eigenvalue weighted by Crippen LogP contribution is -2.33. The zero-order valence-electron chi connectivity index (χ0n) is 18.6. The number of aromatic nitrogens is 1. The number of nitrogens with one attached hydrogen (secondary N) is 2. The third-order valence-corrected chi connectivity index (χ3v) is 5.94. The number of fused-ring (bicyclic) bond motifs is 3. The van der Waals surface area contributed by atoms with Crippen LogP contribution in [0.1, 0.15) is 46.6 Å². The molecule has 4 rings (SSSR count). The molecule has 2 amide bonds. The van der Waals surface area contributed by atoms with Crippen LogP contribution in [0.4, 0.5) is 4.79 Å². The summed E-state index contributed by atoms with van der Waals surface area (Å²) in [7, 11) is 0. The van der Waals surface area contributed by atoms with E-state index in [-0.39, 0.29) is 37.1 Å². The molecule has 0 aliphatic heterocycles. The first-order valence-electron chi connectivity index (χ1n) is 11.0. The summed E-state index contributed by atoms with van der Waals surface area (Å²) in [6.07, 6.45) is 0.824. The second-order valence-electron chi connectivity index (χ2n) is 7.96. The number of benzene rings is 2. The molecule has 1 aromatic heterocycles. The van der Waals surface area contributed by atoms with E-state index in [9.17, 15) is 14.4 Å². The number of oxazole rings is 1. The summed E-state index contributed by atoms with van der Waals surface area (Å²) in [5.74, 6) is -2.17. The summed E-state index contributed by atoms with van der Waals surface area (Å²) in [5, 5.41) is 14.2. The summed E-state index contributed by atoms with van der Waals surface area (Å²) in [4.78, 5) is 39.7. The first-order valence-corrected chi connectivity index (χ1v) is 11.0. The number of carboxylic acid groups (broad SMARTS) is 1. The molecule has 1 aliphatic carbocycles. The molecular weight excluding hydrogens is 438 g/mol. The van der Waals surface area contributed by atoms with Crippen LogP contribution in [0.15, 0.2) is 59.3 Å². The maximum Gasteiger partial charge on any atom is 0.407 e. The summed E-state index contributed by atoms with van der Waals surface area (Å²) in [6, 6.07) is 16.1. The number of carbonyl (C=O) groups is 3. The summed E-state index contributed by atoms with van der Waals surface area (Å²) >= 11 is 0. The Morgan fingerprint density at radius 3 is 2.32 bits per heavy atom. The van der Waals surface area contributed by atoms with Crippen molar-refractivity contribution in [2.75, 3.05) is 13.2 Å². The summed E-state index contributed by atoms with van der Waals surface area (Å²) in [6.45, 7) is 1.76. The molecule has 0 saturated carbocycles. The normalized spacial score (nSPS) is 13.0. The van der Waals surface area contributed by atoms with Gasteiger partial charge in [0, 0.05) is 12.5 Å². The van der Waals surface area contributed by atoms with Crippen molar-refractivity contribution < 1.29 is 28.6 Å². The van der Waals surface area contributed by atoms with Gasteiger partial charge in [0.2, 0.25) is 0 Å². The molecule has 1 unspecified atom stereocenters. The predicted molar refractivity (Wildman–Crippen MR) is 122 cm³/mol. The smallest absolute Gasteiger partial charge is 0.407 e. The van der Waals surface area contributed by atoms with E-state index in [0.717, 1.165) is 28.6 Å². The number of alkyl carbamates (subject to hydrolysis) is 1. The predicted octanol–water partition coefficient (Wildman–Crippen LogP) is 3.55. The summed E-state index contributed by atoms with van der Waals surface area (Å²) in [5.41, 5.74) is 4.48. The van der Waals surface area contributed by atoms with Gasteiger partial charge in [-0.25, -0.2) is 9.78 Å². The van der Waals surface area contributed by atoms with Crippen molar-refractivity contribution in [2.24, 2.45) is 5.92 Å². The van der Waals surface area contributed by atoms with Gasteiger partial charge in [-0.1, -0.05) is 55.5 Å². The minimum atomic E-state index is -0.986. The minimum Gasteiger partial charge on any atom is -0.481 e. The standard InChI is InChI=1S/C25H25N3O6/c1-2-15(24(30)31)11-26-23(29)22-21(34-14-28-22)12-27-25(32)33-13-20-18-9-5-3-7-16(18)17-8-4-6-10-19(17)20/h3-10,14-15,20H,2,11-13H2,1H3,(H,26,29)(H,27,32)(H,30,31). The van der Waals surface area contributed by atoms with Crippen molar-refractivity contribution in [3.63, 3.8) is 0 Å². The molecule has 3 aromatic rings. The average Bonchev–Trinajstić information content (AvgIpc) is 3.44. The zero-order valence-corrected chi connectivity index (χ0v) is 18.6. The molecule has 176 valence electrons. The highest BCUT2D eigenvalue weighted by atomic mass is 16.5. The number of rotatable bonds is 9. The highest BCUT2D eigenvalue weighted by Gasteiger charge is 2.29. The number of aliphatic carboxylic acids is 1. The van der Waals surface area contributed by atoms with Gasteiger partial charge in [0.1, 0.15) is 6.61 Å². The van der Waals surface area contributed by atoms with Crippen LogP contribution >= 0.6 is 0 Å². The highest BCUT2D eigenvalue weighted by molar-refractivity contribution is 5.93. The van der Waals surface area contributed by atoms with E-state index in [0.29, 0.717) is 6.42 Å². The SMILES string of the molecule is CCC(CNC(=O)c1ncoc1CNC(=O)OCC1c2ccccc2-c2ccccc21)C(=O)O. The quantitative estimate of drug-likeness (QED) is 0.442. The second-order valence-corrected chi connectivity index (χ2v) is 7.96. The van der Waals surface area contributed by atoms with E-state index < -0.39 is 23.9 Å². The molecule has 2 aromatic carbocycles. The third kappa shape index (κ3) is 4.78. The molecule has 0 saturated heterocycles. The van der Waals surface area contributed by atoms with Gasteiger partial charge in [-0.3, -0.25) is 9.59 Å². The van der Waals surface area contributed by atoms with Gasteiger partial charge in [-0.2, -0.15) is 0 Å². The Kier molecular flexibility index (Phi) is 6.91. The number of hydrogen-bond donors (Lipinski definition) is 3. The molecule has 0 fully saturated rings. The Hall–Kier alpha value is -4.14. The number of ether oxygens (including phenoxy) is 1. The van der Waals surface area contributed by atoms with Gasteiger partial charge in [0.15, 0.2) is 17.8 Å². The van der Waals surface area contributed by atoms with Gasteiger partial charge >= 0.3 is 12.1 Å². The van der Waals surface area contributed by atoms with E-state index in [1.54, 1.807) is 6.92 Å². The Morgan fingerprint density at radius 2 is 1.71 bits per heavy atom. The molecule has 9 nitrogen and oxygen atoms in total. The van der Waals surface area contributed by atoms with Crippen LogP contribution in [0.3, 0.4) is 0 Å². The van der Waals surface area contributed by atoms with Crippen molar-refractivity contribution in [3.8, 4) is 11.1 Å². The molecule has 1 aliphatic rings. The van der Waals surface area contributed by atoms with Crippen molar-refractivity contribution in [2.45, 2.75) is 25.8 Å². The number of carbonyl (C=O) groups excluding carboxylic acids is 2. The maximum atomic E-state index is 12.4. The van der Waals surface area contributed by atoms with Crippen LogP contribution in [-0.4, -0.2) is 41.2 Å². The largest absolute Gasteiger partial charge is 0.481 e. The number of amides is 2. The van der Waals surface area contributed by atoms with Crippen molar-refractivity contribution in [1.29, 1.82) is 0 Å². The highest BCUT2D eigenvalue weighted by Crippen LogP contribution is 2.44. The second kappa shape index (κ2) is 10.2. The first-order chi connectivity index (χ1) is 16.5. The summed E-state index contributed by atoms with van der Waals surface area (Å²) < 4.78 is 10.7.